The van der Waals surface area contributed by atoms with Gasteiger partial charge in [-0.1, -0.05) is 103 Å². The Balaban J connectivity index is 0.000000132. The van der Waals surface area contributed by atoms with E-state index in [9.17, 15) is 0 Å². The van der Waals surface area contributed by atoms with E-state index in [0.29, 0.717) is 98.7 Å². The van der Waals surface area contributed by atoms with Crippen LogP contribution >= 0.6 is 0 Å². The smallest absolute Gasteiger partial charge is 0.0628 e. The molecule has 8 saturated carbocycles. The summed E-state index contributed by atoms with van der Waals surface area (Å²) in [5.41, 5.74) is 0. The van der Waals surface area contributed by atoms with Crippen LogP contribution in [0, 0.1) is 142 Å². The largest absolute Gasteiger partial charge is 0.286 e. The van der Waals surface area contributed by atoms with E-state index in [2.05, 4.69) is 85.1 Å². The summed E-state index contributed by atoms with van der Waals surface area (Å²) >= 11 is 0. The van der Waals surface area contributed by atoms with E-state index >= 15 is 0 Å². The predicted molar refractivity (Wildman–Crippen MR) is 314 cm³/mol. The summed E-state index contributed by atoms with van der Waals surface area (Å²) in [5, 5.41) is 67.6. The van der Waals surface area contributed by atoms with E-state index in [1.807, 2.05) is 0 Å². The van der Waals surface area contributed by atoms with Gasteiger partial charge in [0.05, 0.1) is 98.7 Å². The standard InChI is InChI=1S/2C32H56N8.Yb/c2*1-2-10-18-17(9-1)25-33-26(18)38-28-21-13-5-6-14-22(21)30(35-28)40-32-24-16-8-7-15-23(24)31(36-32)39-29-20-12-4-3-11-19(20)27(34-29)37-25;/h2*17-40H,1-16H2;. The van der Waals surface area contributed by atoms with Crippen LogP contribution < -0.4 is 85.1 Å². The molecule has 18 aliphatic rings. The SMILES string of the molecule is C1CCC2C3NC(NC4NC(NC5NC(NC6NC(N3)C3CCCCC63)C3CCCCC53)C3CCCCC43)C2C1.C1CCC2C3NC(NC4NC(NC5NC(NC6NC(N3)C3CCCCC63)C3CCCCC53)C3CCCCC43)C2C1.[Yb]. The van der Waals surface area contributed by atoms with Crippen LogP contribution in [0.15, 0.2) is 0 Å². The van der Waals surface area contributed by atoms with Gasteiger partial charge in [0.2, 0.25) is 0 Å². The van der Waals surface area contributed by atoms with Crippen LogP contribution in [0.25, 0.3) is 0 Å². The second-order valence-corrected chi connectivity index (χ2v) is 31.2. The summed E-state index contributed by atoms with van der Waals surface area (Å²) in [5.74, 6) is 11.9. The molecule has 16 atom stereocenters. The zero-order valence-corrected chi connectivity index (χ0v) is 51.1. The molecule has 8 aliphatic carbocycles. The second-order valence-electron chi connectivity index (χ2n) is 31.2. The number of hydrogen-bond donors (Lipinski definition) is 16. The van der Waals surface area contributed by atoms with Crippen molar-refractivity contribution in [2.24, 2.45) is 94.7 Å². The number of hydrogen-bond acceptors (Lipinski definition) is 16. The maximum Gasteiger partial charge on any atom is 0.0628 e. The van der Waals surface area contributed by atoms with Crippen molar-refractivity contribution in [2.45, 2.75) is 304 Å². The molecule has 18 fully saturated rings. The Morgan fingerprint density at radius 1 is 0.111 bits per heavy atom. The monoisotopic (exact) mass is 1280 g/mol. The van der Waals surface area contributed by atoms with Gasteiger partial charge in [0.15, 0.2) is 0 Å². The van der Waals surface area contributed by atoms with Crippen molar-refractivity contribution in [3.8, 4) is 0 Å². The van der Waals surface area contributed by atoms with Crippen molar-refractivity contribution in [1.29, 1.82) is 0 Å². The maximum absolute atomic E-state index is 4.26. The van der Waals surface area contributed by atoms with E-state index < -0.39 is 0 Å². The minimum atomic E-state index is 0. The summed E-state index contributed by atoms with van der Waals surface area (Å²) < 4.78 is 0. The average molecular weight is 1280 g/mol. The van der Waals surface area contributed by atoms with E-state index in [0.717, 1.165) is 94.7 Å². The first-order valence-electron chi connectivity index (χ1n) is 35.8. The van der Waals surface area contributed by atoms with Gasteiger partial charge in [-0.2, -0.15) is 0 Å². The van der Waals surface area contributed by atoms with E-state index in [-0.39, 0.29) is 46.9 Å². The van der Waals surface area contributed by atoms with Gasteiger partial charge < -0.3 is 0 Å². The Kier molecular flexibility index (Phi) is 17.3. The molecule has 0 radical (unpaired) electrons. The molecule has 462 valence electrons. The fraction of sp³-hybridized carbons (Fsp3) is 1.00. The molecule has 0 amide bonds. The summed E-state index contributed by atoms with van der Waals surface area (Å²) in [7, 11) is 0. The predicted octanol–water partition coefficient (Wildman–Crippen LogP) is 5.21. The van der Waals surface area contributed by atoms with Gasteiger partial charge in [0, 0.05) is 46.9 Å². The summed E-state index contributed by atoms with van der Waals surface area (Å²) in [4.78, 5) is 0. The quantitative estimate of drug-likeness (QED) is 0.151. The van der Waals surface area contributed by atoms with Crippen molar-refractivity contribution >= 4 is 0 Å². The van der Waals surface area contributed by atoms with Crippen LogP contribution in [0.4, 0.5) is 0 Å². The zero-order valence-electron chi connectivity index (χ0n) is 49.4. The minimum absolute atomic E-state index is 0. The van der Waals surface area contributed by atoms with E-state index in [1.165, 1.54) is 205 Å². The van der Waals surface area contributed by atoms with Crippen LogP contribution in [-0.4, -0.2) is 98.7 Å². The zero-order chi connectivity index (χ0) is 52.4. The Labute approximate surface area is 526 Å². The maximum atomic E-state index is 4.26. The third-order valence-electron chi connectivity index (χ3n) is 27.6. The molecule has 81 heavy (non-hydrogen) atoms. The van der Waals surface area contributed by atoms with Crippen LogP contribution in [-0.2, 0) is 0 Å². The molecule has 16 nitrogen and oxygen atoms in total. The molecule has 16 unspecified atom stereocenters. The number of rotatable bonds is 0. The second kappa shape index (κ2) is 24.6. The van der Waals surface area contributed by atoms with Gasteiger partial charge >= 0.3 is 0 Å². The Morgan fingerprint density at radius 2 is 0.173 bits per heavy atom. The van der Waals surface area contributed by atoms with Crippen molar-refractivity contribution in [1.82, 2.24) is 85.1 Å². The molecule has 0 aromatic carbocycles. The molecule has 16 bridgehead atoms. The molecular weight excluding hydrogens is 1170 g/mol. The van der Waals surface area contributed by atoms with Crippen molar-refractivity contribution in [3.05, 3.63) is 0 Å². The first kappa shape index (κ1) is 57.1. The molecule has 0 spiro atoms. The average Bonchev–Trinajstić information content (AvgIpc) is 4.47. The van der Waals surface area contributed by atoms with E-state index in [1.54, 1.807) is 0 Å². The number of fused-ring (bicyclic) bond motifs is 40. The van der Waals surface area contributed by atoms with Gasteiger partial charge in [-0.3, -0.25) is 85.1 Å². The topological polar surface area (TPSA) is 192 Å². The first-order valence-corrected chi connectivity index (χ1v) is 35.8. The van der Waals surface area contributed by atoms with Crippen LogP contribution in [0.3, 0.4) is 0 Å². The Morgan fingerprint density at radius 3 is 0.235 bits per heavy atom. The molecule has 10 saturated heterocycles. The van der Waals surface area contributed by atoms with Crippen LogP contribution in [0.2, 0.25) is 0 Å². The van der Waals surface area contributed by atoms with Gasteiger partial charge in [0.1, 0.15) is 0 Å². The molecule has 18 rings (SSSR count). The molecular formula is C64H112N16Yb. The fourth-order valence-electron chi connectivity index (χ4n) is 23.9. The molecule has 10 aliphatic heterocycles. The minimum Gasteiger partial charge on any atom is -0.286 e. The van der Waals surface area contributed by atoms with Crippen LogP contribution in [0.1, 0.15) is 205 Å². The fourth-order valence-corrected chi connectivity index (χ4v) is 23.9. The normalized spacial score (nSPS) is 56.9. The first-order chi connectivity index (χ1) is 39.6. The van der Waals surface area contributed by atoms with Gasteiger partial charge in [-0.05, 0) is 197 Å². The van der Waals surface area contributed by atoms with Crippen molar-refractivity contribution in [3.63, 3.8) is 0 Å². The molecule has 0 aromatic heterocycles. The summed E-state index contributed by atoms with van der Waals surface area (Å²) in [6, 6.07) is 0. The van der Waals surface area contributed by atoms with Crippen molar-refractivity contribution < 1.29 is 46.9 Å². The van der Waals surface area contributed by atoms with Gasteiger partial charge in [0.25, 0.3) is 0 Å². The van der Waals surface area contributed by atoms with Crippen LogP contribution in [0.5, 0.6) is 0 Å². The third-order valence-corrected chi connectivity index (χ3v) is 27.6. The molecule has 17 heteroatoms. The molecule has 0 aromatic rings. The van der Waals surface area contributed by atoms with E-state index in [4.69, 9.17) is 0 Å². The summed E-state index contributed by atoms with van der Waals surface area (Å²) in [6.45, 7) is 0. The third kappa shape index (κ3) is 10.7. The molecule has 10 heterocycles. The Bertz CT molecular complexity index is 1570. The Hall–Kier alpha value is 0.879. The van der Waals surface area contributed by atoms with Gasteiger partial charge in [-0.25, -0.2) is 0 Å². The van der Waals surface area contributed by atoms with Crippen molar-refractivity contribution in [2.75, 3.05) is 0 Å². The summed E-state index contributed by atoms with van der Waals surface area (Å²) in [6.07, 6.45) is 51.1. The van der Waals surface area contributed by atoms with Gasteiger partial charge in [-0.15, -0.1) is 0 Å². The number of nitrogens with one attached hydrogen (secondary N) is 16. The molecule has 16 N–H and O–H groups in total.